The van der Waals surface area contributed by atoms with Crippen LogP contribution in [0.25, 0.3) is 0 Å². The molecule has 0 aliphatic rings. The molecule has 0 bridgehead atoms. The summed E-state index contributed by atoms with van der Waals surface area (Å²) in [6.07, 6.45) is -11.4. The number of carboxylic acid groups (broad SMARTS) is 2. The largest absolute Gasteiger partial charge is 2.00 e. The fraction of sp³-hybridized carbons (Fsp3) is 0.778. The topological polar surface area (TPSA) is 155 Å². The van der Waals surface area contributed by atoms with Gasteiger partial charge in [0.1, 0.15) is 0 Å². The zero-order valence-corrected chi connectivity index (χ0v) is 20.4. The van der Waals surface area contributed by atoms with Gasteiger partial charge in [-0.05, 0) is 40.5 Å². The zero-order chi connectivity index (χ0) is 27.0. The van der Waals surface area contributed by atoms with Crippen LogP contribution in [0.15, 0.2) is 0 Å². The molecule has 2 N–H and O–H groups in total. The molecule has 0 aliphatic heterocycles. The Kier molecular flexibility index (Phi) is 25.2. The normalized spacial score (nSPS) is 12.4. The molecule has 0 aromatic rings. The third-order valence-electron chi connectivity index (χ3n) is 2.58. The van der Waals surface area contributed by atoms with Crippen LogP contribution < -0.4 is 10.2 Å². The Morgan fingerprint density at radius 1 is 0.667 bits per heavy atom. The van der Waals surface area contributed by atoms with Crippen molar-refractivity contribution in [2.75, 3.05) is 0 Å². The van der Waals surface area contributed by atoms with Crippen LogP contribution in [0.5, 0.6) is 0 Å². The smallest absolute Gasteiger partial charge is 0.549 e. The van der Waals surface area contributed by atoms with Crippen molar-refractivity contribution in [2.24, 2.45) is 11.8 Å². The summed E-state index contributed by atoms with van der Waals surface area (Å²) in [7, 11) is 0. The maximum Gasteiger partial charge on any atom is 2.00 e. The first-order valence-corrected chi connectivity index (χ1v) is 9.07. The van der Waals surface area contributed by atoms with Crippen LogP contribution in [0.1, 0.15) is 54.4 Å². The number of aliphatic carboxylic acids is 2. The van der Waals surface area contributed by atoms with Gasteiger partial charge in [-0.1, -0.05) is 13.8 Å². The molecule has 33 heavy (non-hydrogen) atoms. The molecule has 0 aromatic carbocycles. The number of aliphatic hydroxyl groups is 2. The first-order valence-electron chi connectivity index (χ1n) is 9.07. The van der Waals surface area contributed by atoms with E-state index in [4.69, 9.17) is 10.2 Å². The summed E-state index contributed by atoms with van der Waals surface area (Å²) in [5.74, 6) is -12.6. The third-order valence-corrected chi connectivity index (χ3v) is 2.58. The summed E-state index contributed by atoms with van der Waals surface area (Å²) in [6, 6.07) is 0. The van der Waals surface area contributed by atoms with Gasteiger partial charge >= 0.3 is 34.1 Å². The molecule has 15 heteroatoms. The number of carbonyl (C=O) groups is 4. The van der Waals surface area contributed by atoms with Crippen molar-refractivity contribution in [1.82, 2.24) is 0 Å². The second kappa shape index (κ2) is 19.9. The summed E-state index contributed by atoms with van der Waals surface area (Å²) in [4.78, 5) is 40.6. The number of carboxylic acids is 2. The molecule has 0 rings (SSSR count). The molecule has 2 unspecified atom stereocenters. The van der Waals surface area contributed by atoms with Crippen molar-refractivity contribution in [3.05, 3.63) is 0 Å². The van der Waals surface area contributed by atoms with Gasteiger partial charge in [0.2, 0.25) is 11.6 Å². The number of alkyl halides is 6. The Morgan fingerprint density at radius 2 is 0.818 bits per heavy atom. The Bertz CT molecular complexity index is 522. The molecular weight excluding hydrogens is 506 g/mol. The molecule has 0 saturated carbocycles. The number of aliphatic hydroxyl groups excluding tert-OH is 2. The molecule has 0 spiro atoms. The van der Waals surface area contributed by atoms with E-state index < -0.39 is 60.5 Å². The third kappa shape index (κ3) is 26.6. The van der Waals surface area contributed by atoms with Gasteiger partial charge in [0.05, 0.1) is 23.8 Å². The van der Waals surface area contributed by atoms with E-state index >= 15 is 0 Å². The summed E-state index contributed by atoms with van der Waals surface area (Å²) in [6.45, 7) is 9.23. The molecular formula is C18H28F6O8Ti. The standard InChI is InChI=1S/2C6H7F3O3.2C3H8O.Ti/c2*1-2-3(5(11)12)4(10)6(7,8)9;2*1-3(2)4;/h2*3H,2H2,1H3,(H,11,12);2*3-4H,1-2H3;/q;;;;+2/p-2. The zero-order valence-electron chi connectivity index (χ0n) is 18.8. The molecule has 8 nitrogen and oxygen atoms in total. The van der Waals surface area contributed by atoms with Crippen molar-refractivity contribution in [2.45, 2.75) is 78.9 Å². The van der Waals surface area contributed by atoms with E-state index in [-0.39, 0.29) is 33.9 Å². The van der Waals surface area contributed by atoms with E-state index in [9.17, 15) is 55.7 Å². The maximum atomic E-state index is 11.6. The van der Waals surface area contributed by atoms with Crippen molar-refractivity contribution in [3.63, 3.8) is 0 Å². The van der Waals surface area contributed by atoms with E-state index in [0.29, 0.717) is 0 Å². The SMILES string of the molecule is CC(C)O.CC(C)O.CCC(C(=O)[O-])C(=O)C(F)(F)F.CCC(C(=O)[O-])C(=O)C(F)(F)F.[Ti+2]. The van der Waals surface area contributed by atoms with Gasteiger partial charge in [-0.3, -0.25) is 9.59 Å². The van der Waals surface area contributed by atoms with E-state index in [1.807, 2.05) is 0 Å². The van der Waals surface area contributed by atoms with Gasteiger partial charge in [0.25, 0.3) is 0 Å². The van der Waals surface area contributed by atoms with Gasteiger partial charge in [-0.25, -0.2) is 0 Å². The van der Waals surface area contributed by atoms with E-state index in [0.717, 1.165) is 0 Å². The van der Waals surface area contributed by atoms with Crippen LogP contribution in [-0.4, -0.2) is 58.3 Å². The maximum absolute atomic E-state index is 11.6. The molecule has 2 atom stereocenters. The minimum Gasteiger partial charge on any atom is -0.549 e. The van der Waals surface area contributed by atoms with Crippen LogP contribution in [0.4, 0.5) is 26.3 Å². The van der Waals surface area contributed by atoms with Crippen LogP contribution >= 0.6 is 0 Å². The van der Waals surface area contributed by atoms with E-state index in [2.05, 4.69) is 0 Å². The van der Waals surface area contributed by atoms with E-state index in [1.165, 1.54) is 13.8 Å². The quantitative estimate of drug-likeness (QED) is 0.285. The fourth-order valence-electron chi connectivity index (χ4n) is 1.31. The average Bonchev–Trinajstić information content (AvgIpc) is 2.53. The number of rotatable bonds is 6. The molecule has 0 amide bonds. The Morgan fingerprint density at radius 3 is 0.848 bits per heavy atom. The van der Waals surface area contributed by atoms with Gasteiger partial charge in [-0.2, -0.15) is 26.3 Å². The van der Waals surface area contributed by atoms with Crippen molar-refractivity contribution in [3.8, 4) is 0 Å². The van der Waals surface area contributed by atoms with Gasteiger partial charge in [0, 0.05) is 12.2 Å². The van der Waals surface area contributed by atoms with Gasteiger partial charge in [0.15, 0.2) is 0 Å². The van der Waals surface area contributed by atoms with Crippen molar-refractivity contribution in [1.29, 1.82) is 0 Å². The first-order chi connectivity index (χ1) is 14.1. The van der Waals surface area contributed by atoms with Crippen LogP contribution in [0.2, 0.25) is 0 Å². The first kappa shape index (κ1) is 41.7. The number of halogens is 6. The fourth-order valence-corrected chi connectivity index (χ4v) is 1.31. The van der Waals surface area contributed by atoms with Gasteiger partial charge < -0.3 is 30.0 Å². The number of ketones is 2. The van der Waals surface area contributed by atoms with Crippen LogP contribution in [0, 0.1) is 11.8 Å². The molecule has 0 aromatic heterocycles. The average molecular weight is 534 g/mol. The molecule has 0 aliphatic carbocycles. The number of Topliss-reactive ketones (excluding diaryl/α,β-unsaturated/α-hetero) is 2. The van der Waals surface area contributed by atoms with Crippen LogP contribution in [0.3, 0.4) is 0 Å². The van der Waals surface area contributed by atoms with Crippen molar-refractivity contribution < 1.29 is 87.7 Å². The molecule has 0 fully saturated rings. The Hall–Kier alpha value is -1.51. The van der Waals surface area contributed by atoms with Crippen LogP contribution in [-0.2, 0) is 40.9 Å². The molecule has 194 valence electrons. The predicted octanol–water partition coefficient (Wildman–Crippen LogP) is 0.559. The summed E-state index contributed by atoms with van der Waals surface area (Å²) >= 11 is 0. The summed E-state index contributed by atoms with van der Waals surface area (Å²) in [5.41, 5.74) is 0. The minimum absolute atomic E-state index is 0. The Balaban J connectivity index is -0.000000117. The number of hydrogen-bond acceptors (Lipinski definition) is 8. The number of hydrogen-bond donors (Lipinski definition) is 2. The summed E-state index contributed by atoms with van der Waals surface area (Å²) in [5, 5.41) is 36.1. The Labute approximate surface area is 202 Å². The molecule has 0 radical (unpaired) electrons. The number of carbonyl (C=O) groups excluding carboxylic acids is 4. The molecule has 0 saturated heterocycles. The monoisotopic (exact) mass is 534 g/mol. The summed E-state index contributed by atoms with van der Waals surface area (Å²) < 4.78 is 69.6. The van der Waals surface area contributed by atoms with Gasteiger partial charge in [-0.15, -0.1) is 0 Å². The van der Waals surface area contributed by atoms with E-state index in [1.54, 1.807) is 27.7 Å². The molecule has 0 heterocycles. The second-order valence-corrected chi connectivity index (χ2v) is 6.47. The predicted molar refractivity (Wildman–Crippen MR) is 94.4 cm³/mol. The minimum atomic E-state index is -5.10. The van der Waals surface area contributed by atoms with Crippen molar-refractivity contribution >= 4 is 23.5 Å². The second-order valence-electron chi connectivity index (χ2n) is 6.47.